The van der Waals surface area contributed by atoms with Crippen LogP contribution in [0.5, 0.6) is 17.4 Å². The van der Waals surface area contributed by atoms with E-state index in [-0.39, 0.29) is 11.7 Å². The quantitative estimate of drug-likeness (QED) is 0.547. The summed E-state index contributed by atoms with van der Waals surface area (Å²) in [6.07, 6.45) is 2.38. The van der Waals surface area contributed by atoms with Crippen LogP contribution >= 0.6 is 0 Å². The van der Waals surface area contributed by atoms with Crippen molar-refractivity contribution < 1.29 is 23.8 Å². The van der Waals surface area contributed by atoms with Crippen molar-refractivity contribution in [3.63, 3.8) is 0 Å². The molecule has 0 aliphatic heterocycles. The SMILES string of the molecule is COc1ccc(NC(=O)CCCOc2ccc(C(C)=O)cc2OC)cn1. The molecule has 2 rings (SSSR count). The number of pyridine rings is 1. The zero-order valence-electron chi connectivity index (χ0n) is 15.1. The molecule has 0 saturated carbocycles. The number of carbonyl (C=O) groups excluding carboxylic acids is 2. The van der Waals surface area contributed by atoms with Crippen molar-refractivity contribution in [3.8, 4) is 17.4 Å². The van der Waals surface area contributed by atoms with E-state index in [0.717, 1.165) is 0 Å². The Bertz CT molecular complexity index is 759. The van der Waals surface area contributed by atoms with E-state index in [1.165, 1.54) is 27.3 Å². The van der Waals surface area contributed by atoms with Gasteiger partial charge in [0, 0.05) is 18.1 Å². The lowest BCUT2D eigenvalue weighted by molar-refractivity contribution is -0.116. The lowest BCUT2D eigenvalue weighted by atomic mass is 10.1. The zero-order valence-corrected chi connectivity index (χ0v) is 15.1. The number of nitrogens with zero attached hydrogens (tertiary/aromatic N) is 1. The number of aromatic nitrogens is 1. The van der Waals surface area contributed by atoms with Gasteiger partial charge in [0.05, 0.1) is 32.7 Å². The summed E-state index contributed by atoms with van der Waals surface area (Å²) in [4.78, 5) is 27.4. The Kier molecular flexibility index (Phi) is 6.96. The molecule has 0 radical (unpaired) electrons. The fraction of sp³-hybridized carbons (Fsp3) is 0.316. The highest BCUT2D eigenvalue weighted by Gasteiger charge is 2.09. The van der Waals surface area contributed by atoms with E-state index in [2.05, 4.69) is 10.3 Å². The normalized spacial score (nSPS) is 10.1. The molecule has 26 heavy (non-hydrogen) atoms. The first-order chi connectivity index (χ1) is 12.5. The minimum absolute atomic E-state index is 0.0421. The van der Waals surface area contributed by atoms with E-state index in [4.69, 9.17) is 14.2 Å². The Morgan fingerprint density at radius 2 is 1.88 bits per heavy atom. The van der Waals surface area contributed by atoms with Crippen molar-refractivity contribution in [1.82, 2.24) is 4.98 Å². The third-order valence-electron chi connectivity index (χ3n) is 3.61. The number of hydrogen-bond acceptors (Lipinski definition) is 6. The number of rotatable bonds is 9. The molecule has 0 unspecified atom stereocenters. The average Bonchev–Trinajstić information content (AvgIpc) is 2.65. The highest BCUT2D eigenvalue weighted by molar-refractivity contribution is 5.94. The third-order valence-corrected chi connectivity index (χ3v) is 3.61. The first-order valence-electron chi connectivity index (χ1n) is 8.15. The molecule has 1 aromatic carbocycles. The predicted molar refractivity (Wildman–Crippen MR) is 97.1 cm³/mol. The van der Waals surface area contributed by atoms with Gasteiger partial charge in [-0.25, -0.2) is 4.98 Å². The van der Waals surface area contributed by atoms with E-state index >= 15 is 0 Å². The summed E-state index contributed by atoms with van der Waals surface area (Å²) in [6, 6.07) is 8.42. The Labute approximate surface area is 152 Å². The van der Waals surface area contributed by atoms with Crippen molar-refractivity contribution in [2.75, 3.05) is 26.1 Å². The van der Waals surface area contributed by atoms with Gasteiger partial charge in [-0.05, 0) is 37.6 Å². The van der Waals surface area contributed by atoms with Crippen LogP contribution in [-0.2, 0) is 4.79 Å². The van der Waals surface area contributed by atoms with Crippen molar-refractivity contribution in [1.29, 1.82) is 0 Å². The Hall–Kier alpha value is -3.09. The van der Waals surface area contributed by atoms with Gasteiger partial charge in [0.25, 0.3) is 0 Å². The molecule has 1 amide bonds. The zero-order chi connectivity index (χ0) is 18.9. The van der Waals surface area contributed by atoms with Gasteiger partial charge >= 0.3 is 0 Å². The van der Waals surface area contributed by atoms with Gasteiger partial charge in [0.2, 0.25) is 11.8 Å². The Morgan fingerprint density at radius 3 is 2.50 bits per heavy atom. The minimum Gasteiger partial charge on any atom is -0.493 e. The molecule has 0 spiro atoms. The van der Waals surface area contributed by atoms with Gasteiger partial charge in [-0.1, -0.05) is 0 Å². The molecule has 0 aliphatic carbocycles. The maximum atomic E-state index is 11.9. The van der Waals surface area contributed by atoms with Crippen LogP contribution < -0.4 is 19.5 Å². The predicted octanol–water partition coefficient (Wildman–Crippen LogP) is 3.10. The lowest BCUT2D eigenvalue weighted by Crippen LogP contribution is -2.13. The highest BCUT2D eigenvalue weighted by Crippen LogP contribution is 2.28. The number of ether oxygens (including phenoxy) is 3. The monoisotopic (exact) mass is 358 g/mol. The number of ketones is 1. The van der Waals surface area contributed by atoms with Crippen molar-refractivity contribution in [2.24, 2.45) is 0 Å². The Morgan fingerprint density at radius 1 is 1.08 bits per heavy atom. The van der Waals surface area contributed by atoms with Crippen LogP contribution in [0.25, 0.3) is 0 Å². The van der Waals surface area contributed by atoms with Crippen molar-refractivity contribution in [2.45, 2.75) is 19.8 Å². The van der Waals surface area contributed by atoms with Crippen LogP contribution in [-0.4, -0.2) is 37.5 Å². The molecule has 0 saturated heterocycles. The van der Waals surface area contributed by atoms with Crippen molar-refractivity contribution >= 4 is 17.4 Å². The smallest absolute Gasteiger partial charge is 0.224 e. The third kappa shape index (κ3) is 5.47. The number of anilines is 1. The van der Waals surface area contributed by atoms with Gasteiger partial charge in [-0.2, -0.15) is 0 Å². The molecule has 138 valence electrons. The molecule has 1 N–H and O–H groups in total. The van der Waals surface area contributed by atoms with Gasteiger partial charge in [-0.3, -0.25) is 9.59 Å². The largest absolute Gasteiger partial charge is 0.493 e. The average molecular weight is 358 g/mol. The summed E-state index contributed by atoms with van der Waals surface area (Å²) in [5.74, 6) is 1.35. The first-order valence-corrected chi connectivity index (χ1v) is 8.15. The summed E-state index contributed by atoms with van der Waals surface area (Å²) >= 11 is 0. The Balaban J connectivity index is 1.79. The first kappa shape index (κ1) is 19.2. The molecule has 0 fully saturated rings. The molecule has 0 atom stereocenters. The van der Waals surface area contributed by atoms with Crippen LogP contribution in [0.1, 0.15) is 30.1 Å². The topological polar surface area (TPSA) is 86.8 Å². The van der Waals surface area contributed by atoms with E-state index in [9.17, 15) is 9.59 Å². The fourth-order valence-electron chi connectivity index (χ4n) is 2.22. The number of nitrogens with one attached hydrogen (secondary N) is 1. The van der Waals surface area contributed by atoms with E-state index in [1.54, 1.807) is 30.3 Å². The summed E-state index contributed by atoms with van der Waals surface area (Å²) in [5, 5.41) is 2.76. The van der Waals surface area contributed by atoms with E-state index < -0.39 is 0 Å². The standard InChI is InChI=1S/C19H22N2O5/c1-13(22)14-6-8-16(17(11-14)24-2)26-10-4-5-18(23)21-15-7-9-19(25-3)20-12-15/h6-9,11-12H,4-5,10H2,1-3H3,(H,21,23). The lowest BCUT2D eigenvalue weighted by Gasteiger charge is -2.11. The number of methoxy groups -OCH3 is 2. The second-order valence-electron chi connectivity index (χ2n) is 5.51. The van der Waals surface area contributed by atoms with E-state index in [0.29, 0.717) is 48.1 Å². The number of benzene rings is 1. The second-order valence-corrected chi connectivity index (χ2v) is 5.51. The van der Waals surface area contributed by atoms with Crippen LogP contribution in [0.15, 0.2) is 36.5 Å². The minimum atomic E-state index is -0.126. The maximum absolute atomic E-state index is 11.9. The molecule has 0 bridgehead atoms. The van der Waals surface area contributed by atoms with Crippen LogP contribution in [0.4, 0.5) is 5.69 Å². The second kappa shape index (κ2) is 9.41. The van der Waals surface area contributed by atoms with Crippen LogP contribution in [0, 0.1) is 0 Å². The van der Waals surface area contributed by atoms with Gasteiger partial charge in [-0.15, -0.1) is 0 Å². The molecule has 2 aromatic rings. The summed E-state index contributed by atoms with van der Waals surface area (Å²) in [5.41, 5.74) is 1.17. The molecule has 1 heterocycles. The van der Waals surface area contributed by atoms with Crippen LogP contribution in [0.3, 0.4) is 0 Å². The number of Topliss-reactive ketones (excluding diaryl/α,β-unsaturated/α-hetero) is 1. The van der Waals surface area contributed by atoms with Gasteiger partial charge in [0.1, 0.15) is 0 Å². The van der Waals surface area contributed by atoms with Gasteiger partial charge < -0.3 is 19.5 Å². The summed E-state index contributed by atoms with van der Waals surface area (Å²) < 4.78 is 15.9. The highest BCUT2D eigenvalue weighted by atomic mass is 16.5. The van der Waals surface area contributed by atoms with Crippen LogP contribution in [0.2, 0.25) is 0 Å². The molecule has 7 nitrogen and oxygen atoms in total. The molecular weight excluding hydrogens is 336 g/mol. The summed E-state index contributed by atoms with van der Waals surface area (Å²) in [6.45, 7) is 1.84. The molecular formula is C19H22N2O5. The van der Waals surface area contributed by atoms with Gasteiger partial charge in [0.15, 0.2) is 17.3 Å². The fourth-order valence-corrected chi connectivity index (χ4v) is 2.22. The van der Waals surface area contributed by atoms with E-state index in [1.807, 2.05) is 0 Å². The number of amides is 1. The van der Waals surface area contributed by atoms with Crippen molar-refractivity contribution in [3.05, 3.63) is 42.1 Å². The summed E-state index contributed by atoms with van der Waals surface area (Å²) in [7, 11) is 3.05. The molecule has 0 aliphatic rings. The number of carbonyl (C=O) groups is 2. The maximum Gasteiger partial charge on any atom is 0.224 e. The number of hydrogen-bond donors (Lipinski definition) is 1. The molecule has 1 aromatic heterocycles. The molecule has 7 heteroatoms.